The highest BCUT2D eigenvalue weighted by atomic mass is 15.1. The van der Waals surface area contributed by atoms with Gasteiger partial charge in [-0.25, -0.2) is 9.97 Å². The molecule has 6 nitrogen and oxygen atoms in total. The summed E-state index contributed by atoms with van der Waals surface area (Å²) < 4.78 is 0. The fourth-order valence-electron chi connectivity index (χ4n) is 3.89. The first kappa shape index (κ1) is 17.0. The fourth-order valence-corrected chi connectivity index (χ4v) is 3.89. The SMILES string of the molecule is C#CC1=CC=CC(N)(c2ncnc3[nH]cc(CN4CCC(N)CC4)c23)C1. The van der Waals surface area contributed by atoms with Crippen LogP contribution in [-0.4, -0.2) is 39.0 Å². The topological polar surface area (TPSA) is 96.8 Å². The molecule has 2 aromatic heterocycles. The smallest absolute Gasteiger partial charge is 0.141 e. The van der Waals surface area contributed by atoms with E-state index in [4.69, 9.17) is 17.9 Å². The molecule has 134 valence electrons. The third-order valence-electron chi connectivity index (χ3n) is 5.38. The van der Waals surface area contributed by atoms with E-state index in [0.29, 0.717) is 12.5 Å². The summed E-state index contributed by atoms with van der Waals surface area (Å²) in [6.07, 6.45) is 17.6. The van der Waals surface area contributed by atoms with E-state index in [0.717, 1.165) is 54.8 Å². The molecule has 0 bridgehead atoms. The van der Waals surface area contributed by atoms with Crippen molar-refractivity contribution in [1.82, 2.24) is 19.9 Å². The van der Waals surface area contributed by atoms with Gasteiger partial charge in [0.25, 0.3) is 0 Å². The molecule has 0 saturated carbocycles. The van der Waals surface area contributed by atoms with Crippen molar-refractivity contribution in [3.05, 3.63) is 47.6 Å². The molecule has 2 aliphatic rings. The van der Waals surface area contributed by atoms with Gasteiger partial charge in [-0.15, -0.1) is 6.42 Å². The highest BCUT2D eigenvalue weighted by Crippen LogP contribution is 2.34. The molecule has 0 aromatic carbocycles. The van der Waals surface area contributed by atoms with Crippen molar-refractivity contribution >= 4 is 11.0 Å². The second kappa shape index (κ2) is 6.69. The molecule has 0 amide bonds. The minimum atomic E-state index is -0.723. The molecule has 5 N–H and O–H groups in total. The van der Waals surface area contributed by atoms with E-state index in [-0.39, 0.29) is 0 Å². The standard InChI is InChI=1S/C20H24N6/c1-2-14-4-3-7-20(22,10-14)18-17-15(11-23-19(17)25-13-24-18)12-26-8-5-16(21)6-9-26/h1,3-4,7,11,13,16H,5-6,8-10,12,21-22H2,(H,23,24,25). The van der Waals surface area contributed by atoms with Crippen LogP contribution in [0, 0.1) is 12.3 Å². The highest BCUT2D eigenvalue weighted by Gasteiger charge is 2.32. The lowest BCUT2D eigenvalue weighted by Gasteiger charge is -2.31. The second-order valence-corrected chi connectivity index (χ2v) is 7.29. The van der Waals surface area contributed by atoms with Crippen LogP contribution < -0.4 is 11.5 Å². The molecule has 0 radical (unpaired) electrons. The van der Waals surface area contributed by atoms with Crippen LogP contribution in [0.2, 0.25) is 0 Å². The first-order valence-corrected chi connectivity index (χ1v) is 9.02. The third kappa shape index (κ3) is 3.06. The van der Waals surface area contributed by atoms with Crippen molar-refractivity contribution in [3.63, 3.8) is 0 Å². The van der Waals surface area contributed by atoms with E-state index in [1.54, 1.807) is 6.33 Å². The van der Waals surface area contributed by atoms with E-state index in [9.17, 15) is 0 Å². The molecule has 2 aromatic rings. The zero-order valence-corrected chi connectivity index (χ0v) is 14.8. The Hall–Kier alpha value is -2.46. The van der Waals surface area contributed by atoms with E-state index in [1.165, 1.54) is 5.56 Å². The molecule has 26 heavy (non-hydrogen) atoms. The Bertz CT molecular complexity index is 910. The van der Waals surface area contributed by atoms with Gasteiger partial charge in [0.15, 0.2) is 0 Å². The number of terminal acetylenes is 1. The molecule has 1 aliphatic carbocycles. The van der Waals surface area contributed by atoms with Crippen molar-refractivity contribution < 1.29 is 0 Å². The number of fused-ring (bicyclic) bond motifs is 1. The number of rotatable bonds is 3. The zero-order chi connectivity index (χ0) is 18.1. The number of aromatic amines is 1. The van der Waals surface area contributed by atoms with Crippen LogP contribution in [0.1, 0.15) is 30.5 Å². The number of allylic oxidation sites excluding steroid dienone is 2. The van der Waals surface area contributed by atoms with E-state index >= 15 is 0 Å². The number of piperidine rings is 1. The molecule has 1 fully saturated rings. The summed E-state index contributed by atoms with van der Waals surface area (Å²) in [7, 11) is 0. The molecule has 0 spiro atoms. The predicted molar refractivity (Wildman–Crippen MR) is 103 cm³/mol. The lowest BCUT2D eigenvalue weighted by atomic mass is 9.83. The lowest BCUT2D eigenvalue weighted by Crippen LogP contribution is -2.39. The van der Waals surface area contributed by atoms with Crippen LogP contribution in [0.5, 0.6) is 0 Å². The maximum atomic E-state index is 6.73. The molecule has 1 atom stereocenters. The largest absolute Gasteiger partial charge is 0.346 e. The summed E-state index contributed by atoms with van der Waals surface area (Å²) in [6.45, 7) is 2.85. The summed E-state index contributed by atoms with van der Waals surface area (Å²) in [5.74, 6) is 2.71. The molecule has 6 heteroatoms. The predicted octanol–water partition coefficient (Wildman–Crippen LogP) is 1.55. The number of hydrogen-bond donors (Lipinski definition) is 3. The van der Waals surface area contributed by atoms with Gasteiger partial charge in [-0.2, -0.15) is 0 Å². The molecular formula is C20H24N6. The van der Waals surface area contributed by atoms with Gasteiger partial charge in [-0.3, -0.25) is 4.90 Å². The van der Waals surface area contributed by atoms with Gasteiger partial charge in [-0.1, -0.05) is 24.1 Å². The third-order valence-corrected chi connectivity index (χ3v) is 5.38. The van der Waals surface area contributed by atoms with Crippen LogP contribution >= 0.6 is 0 Å². The molecule has 3 heterocycles. The van der Waals surface area contributed by atoms with Gasteiger partial charge >= 0.3 is 0 Å². The lowest BCUT2D eigenvalue weighted by molar-refractivity contribution is 0.206. The van der Waals surface area contributed by atoms with Gasteiger partial charge in [0.2, 0.25) is 0 Å². The number of hydrogen-bond acceptors (Lipinski definition) is 5. The van der Waals surface area contributed by atoms with E-state index in [2.05, 4.69) is 25.8 Å². The second-order valence-electron chi connectivity index (χ2n) is 7.29. The molecule has 1 aliphatic heterocycles. The summed E-state index contributed by atoms with van der Waals surface area (Å²) in [4.78, 5) is 14.7. The molecule has 1 saturated heterocycles. The van der Waals surface area contributed by atoms with Gasteiger partial charge in [0, 0.05) is 36.2 Å². The zero-order valence-electron chi connectivity index (χ0n) is 14.8. The Balaban J connectivity index is 1.70. The van der Waals surface area contributed by atoms with Crippen LogP contribution in [0.15, 0.2) is 36.3 Å². The van der Waals surface area contributed by atoms with Crippen molar-refractivity contribution in [3.8, 4) is 12.3 Å². The van der Waals surface area contributed by atoms with Gasteiger partial charge in [-0.05, 0) is 31.5 Å². The number of likely N-dealkylation sites (tertiary alicyclic amines) is 1. The van der Waals surface area contributed by atoms with Crippen LogP contribution in [0.3, 0.4) is 0 Å². The minimum Gasteiger partial charge on any atom is -0.346 e. The van der Waals surface area contributed by atoms with Gasteiger partial charge in [0.1, 0.15) is 12.0 Å². The minimum absolute atomic E-state index is 0.321. The normalized spacial score (nSPS) is 24.6. The molecule has 4 rings (SSSR count). The van der Waals surface area contributed by atoms with Crippen LogP contribution in [0.4, 0.5) is 0 Å². The first-order valence-electron chi connectivity index (χ1n) is 9.02. The van der Waals surface area contributed by atoms with E-state index in [1.807, 2.05) is 24.4 Å². The summed E-state index contributed by atoms with van der Waals surface area (Å²) in [6, 6.07) is 0.321. The number of aromatic nitrogens is 3. The van der Waals surface area contributed by atoms with Gasteiger partial charge < -0.3 is 16.5 Å². The Morgan fingerprint density at radius 3 is 2.92 bits per heavy atom. The van der Waals surface area contributed by atoms with E-state index < -0.39 is 5.54 Å². The number of nitrogens with zero attached hydrogens (tertiary/aromatic N) is 3. The fraction of sp³-hybridized carbons (Fsp3) is 0.400. The molecular weight excluding hydrogens is 324 g/mol. The quantitative estimate of drug-likeness (QED) is 0.731. The Labute approximate surface area is 153 Å². The highest BCUT2D eigenvalue weighted by molar-refractivity contribution is 5.83. The maximum absolute atomic E-state index is 6.73. The van der Waals surface area contributed by atoms with Crippen molar-refractivity contribution in [2.75, 3.05) is 13.1 Å². The Morgan fingerprint density at radius 1 is 1.35 bits per heavy atom. The number of nitrogens with one attached hydrogen (secondary N) is 1. The van der Waals surface area contributed by atoms with Crippen LogP contribution in [0.25, 0.3) is 11.0 Å². The average molecular weight is 348 g/mol. The summed E-state index contributed by atoms with van der Waals surface area (Å²) >= 11 is 0. The molecule has 1 unspecified atom stereocenters. The first-order chi connectivity index (χ1) is 12.6. The monoisotopic (exact) mass is 348 g/mol. The van der Waals surface area contributed by atoms with Gasteiger partial charge in [0.05, 0.1) is 11.2 Å². The van der Waals surface area contributed by atoms with Crippen molar-refractivity contribution in [1.29, 1.82) is 0 Å². The summed E-state index contributed by atoms with van der Waals surface area (Å²) in [5, 5.41) is 1.01. The number of H-pyrrole nitrogens is 1. The number of nitrogens with two attached hydrogens (primary N) is 2. The average Bonchev–Trinajstić information content (AvgIpc) is 3.06. The van der Waals surface area contributed by atoms with Crippen molar-refractivity contribution in [2.24, 2.45) is 11.5 Å². The maximum Gasteiger partial charge on any atom is 0.141 e. The van der Waals surface area contributed by atoms with Crippen molar-refractivity contribution in [2.45, 2.75) is 37.4 Å². The Kier molecular flexibility index (Phi) is 4.37. The van der Waals surface area contributed by atoms with Crippen LogP contribution in [-0.2, 0) is 12.1 Å². The summed E-state index contributed by atoms with van der Waals surface area (Å²) in [5.41, 5.74) is 15.7. The Morgan fingerprint density at radius 2 is 2.15 bits per heavy atom.